The standard InChI is InChI=1S/C19H31N5O4S/c1-12-15(23-29(26)18(2,3)4)19(11-28-12)6-8-24(9-7-19)16-14(17(25)27-5)21-10-13(20)22-16/h10,12,15,23H,6-9,11H2,1-5H3,(H2,20,22)/t12-,15+,29+/m0/s1. The van der Waals surface area contributed by atoms with Gasteiger partial charge in [0.15, 0.2) is 11.5 Å². The Labute approximate surface area is 175 Å². The zero-order valence-corrected chi connectivity index (χ0v) is 18.5. The van der Waals surface area contributed by atoms with Gasteiger partial charge in [-0.3, -0.25) is 0 Å². The minimum atomic E-state index is -1.18. The Hall–Kier alpha value is -1.62. The Morgan fingerprint density at radius 3 is 2.69 bits per heavy atom. The summed E-state index contributed by atoms with van der Waals surface area (Å²) in [6, 6.07) is -0.00304. The van der Waals surface area contributed by atoms with Crippen LogP contribution in [-0.4, -0.2) is 64.2 Å². The van der Waals surface area contributed by atoms with Gasteiger partial charge in [-0.25, -0.2) is 14.8 Å². The molecule has 2 aliphatic heterocycles. The van der Waals surface area contributed by atoms with E-state index < -0.39 is 17.3 Å². The summed E-state index contributed by atoms with van der Waals surface area (Å²) in [5.41, 5.74) is 5.86. The van der Waals surface area contributed by atoms with Crippen LogP contribution in [0.1, 0.15) is 51.0 Å². The molecule has 3 atom stereocenters. The van der Waals surface area contributed by atoms with Crippen molar-refractivity contribution < 1.29 is 18.8 Å². The number of nitrogen functional groups attached to an aromatic ring is 1. The van der Waals surface area contributed by atoms with Crippen LogP contribution in [0.25, 0.3) is 0 Å². The van der Waals surface area contributed by atoms with Crippen LogP contribution in [0.2, 0.25) is 0 Å². The summed E-state index contributed by atoms with van der Waals surface area (Å²) < 4.78 is 26.5. The molecule has 0 aromatic carbocycles. The maximum atomic E-state index is 12.7. The highest BCUT2D eigenvalue weighted by atomic mass is 32.2. The summed E-state index contributed by atoms with van der Waals surface area (Å²) in [5.74, 6) is 0.165. The van der Waals surface area contributed by atoms with Crippen LogP contribution in [-0.2, 0) is 20.8 Å². The number of carbonyl (C=O) groups is 1. The molecule has 2 aliphatic rings. The van der Waals surface area contributed by atoms with Gasteiger partial charge in [0.25, 0.3) is 0 Å². The van der Waals surface area contributed by atoms with Crippen molar-refractivity contribution >= 4 is 29.0 Å². The molecule has 162 valence electrons. The second-order valence-corrected chi connectivity index (χ2v) is 10.8. The molecule has 3 N–H and O–H groups in total. The molecule has 3 rings (SSSR count). The van der Waals surface area contributed by atoms with Crippen LogP contribution in [0.5, 0.6) is 0 Å². The summed E-state index contributed by atoms with van der Waals surface area (Å²) in [6.07, 6.45) is 2.96. The van der Waals surface area contributed by atoms with Crippen molar-refractivity contribution in [3.63, 3.8) is 0 Å². The maximum absolute atomic E-state index is 12.7. The maximum Gasteiger partial charge on any atom is 0.360 e. The van der Waals surface area contributed by atoms with E-state index in [0.29, 0.717) is 25.5 Å². The van der Waals surface area contributed by atoms with Gasteiger partial charge in [-0.1, -0.05) is 0 Å². The first-order chi connectivity index (χ1) is 13.6. The van der Waals surface area contributed by atoms with Crippen LogP contribution in [0.3, 0.4) is 0 Å². The van der Waals surface area contributed by atoms with Gasteiger partial charge in [0.2, 0.25) is 0 Å². The number of esters is 1. The number of anilines is 2. The summed E-state index contributed by atoms with van der Waals surface area (Å²) >= 11 is -1.18. The average Bonchev–Trinajstić information content (AvgIpc) is 2.97. The highest BCUT2D eigenvalue weighted by molar-refractivity contribution is 7.90. The summed E-state index contributed by atoms with van der Waals surface area (Å²) in [4.78, 5) is 22.6. The fourth-order valence-corrected chi connectivity index (χ4v) is 4.99. The summed E-state index contributed by atoms with van der Waals surface area (Å²) in [6.45, 7) is 9.85. The van der Waals surface area contributed by atoms with E-state index in [0.717, 1.165) is 12.8 Å². The highest BCUT2D eigenvalue weighted by Crippen LogP contribution is 2.43. The molecule has 29 heavy (non-hydrogen) atoms. The van der Waals surface area contributed by atoms with Gasteiger partial charge in [0.05, 0.1) is 32.1 Å². The lowest BCUT2D eigenvalue weighted by molar-refractivity contribution is 0.0593. The normalized spacial score (nSPS) is 25.2. The number of nitrogens with one attached hydrogen (secondary N) is 1. The number of piperidine rings is 1. The lowest BCUT2D eigenvalue weighted by Gasteiger charge is -2.43. The lowest BCUT2D eigenvalue weighted by Crippen LogP contribution is -2.56. The second kappa shape index (κ2) is 8.25. The van der Waals surface area contributed by atoms with Crippen LogP contribution >= 0.6 is 0 Å². The van der Waals surface area contributed by atoms with Gasteiger partial charge in [0, 0.05) is 29.9 Å². The molecule has 3 heterocycles. The lowest BCUT2D eigenvalue weighted by atomic mass is 9.73. The van der Waals surface area contributed by atoms with Crippen LogP contribution in [0.4, 0.5) is 11.6 Å². The molecule has 0 saturated carbocycles. The molecule has 0 bridgehead atoms. The third-order valence-electron chi connectivity index (χ3n) is 5.76. The third-order valence-corrected chi connectivity index (χ3v) is 7.34. The average molecular weight is 426 g/mol. The van der Waals surface area contributed by atoms with E-state index in [4.69, 9.17) is 15.2 Å². The molecule has 2 fully saturated rings. The number of nitrogens with zero attached hydrogens (tertiary/aromatic N) is 3. The summed E-state index contributed by atoms with van der Waals surface area (Å²) in [5, 5.41) is 0. The minimum absolute atomic E-state index is 0.00304. The van der Waals surface area contributed by atoms with Gasteiger partial charge < -0.3 is 24.7 Å². The van der Waals surface area contributed by atoms with Gasteiger partial charge in [-0.15, -0.1) is 4.72 Å². The quantitative estimate of drug-likeness (QED) is 0.542. The Morgan fingerprint density at radius 1 is 1.45 bits per heavy atom. The third kappa shape index (κ3) is 4.45. The van der Waals surface area contributed by atoms with Crippen molar-refractivity contribution in [2.75, 3.05) is 37.4 Å². The smallest absolute Gasteiger partial charge is 0.360 e. The Kier molecular flexibility index (Phi) is 6.28. The van der Waals surface area contributed by atoms with Crippen molar-refractivity contribution in [3.8, 4) is 0 Å². The van der Waals surface area contributed by atoms with Gasteiger partial charge >= 0.3 is 5.97 Å². The fraction of sp³-hybridized carbons (Fsp3) is 0.737. The Balaban J connectivity index is 1.77. The zero-order valence-electron chi connectivity index (χ0n) is 17.7. The molecular formula is C19H31N5O4S. The topological polar surface area (TPSA) is 126 Å². The van der Waals surface area contributed by atoms with Crippen molar-refractivity contribution in [3.05, 3.63) is 11.9 Å². The van der Waals surface area contributed by atoms with Crippen molar-refractivity contribution in [2.24, 2.45) is 5.41 Å². The van der Waals surface area contributed by atoms with Crippen LogP contribution in [0, 0.1) is 5.41 Å². The Bertz CT molecular complexity index is 749. The molecule has 1 aromatic rings. The largest absolute Gasteiger partial charge is 0.598 e. The number of hydrogen-bond donors (Lipinski definition) is 2. The van der Waals surface area contributed by atoms with E-state index >= 15 is 0 Å². The first-order valence-corrected chi connectivity index (χ1v) is 11.0. The molecule has 1 aromatic heterocycles. The number of rotatable bonds is 4. The van der Waals surface area contributed by atoms with E-state index in [1.54, 1.807) is 0 Å². The first kappa shape index (κ1) is 22.1. The minimum Gasteiger partial charge on any atom is -0.598 e. The molecule has 0 amide bonds. The van der Waals surface area contributed by atoms with Crippen molar-refractivity contribution in [1.29, 1.82) is 0 Å². The first-order valence-electron chi connectivity index (χ1n) is 9.83. The van der Waals surface area contributed by atoms with Crippen molar-refractivity contribution in [2.45, 2.75) is 57.4 Å². The van der Waals surface area contributed by atoms with E-state index in [-0.39, 0.29) is 33.8 Å². The number of ether oxygens (including phenoxy) is 2. The molecule has 1 spiro atoms. The molecule has 0 aliphatic carbocycles. The Morgan fingerprint density at radius 2 is 2.10 bits per heavy atom. The predicted octanol–water partition coefficient (Wildman–Crippen LogP) is 1.27. The molecule has 10 heteroatoms. The van der Waals surface area contributed by atoms with Gasteiger partial charge in [-0.2, -0.15) is 0 Å². The van der Waals surface area contributed by atoms with E-state index in [9.17, 15) is 9.35 Å². The van der Waals surface area contributed by atoms with Gasteiger partial charge in [-0.05, 0) is 40.5 Å². The molecule has 2 saturated heterocycles. The fourth-order valence-electron chi connectivity index (χ4n) is 3.97. The highest BCUT2D eigenvalue weighted by Gasteiger charge is 2.52. The zero-order chi connectivity index (χ0) is 21.4. The number of nitrogens with two attached hydrogens (primary N) is 1. The molecule has 0 radical (unpaired) electrons. The van der Waals surface area contributed by atoms with E-state index in [1.807, 2.05) is 32.6 Å². The SMILES string of the molecule is COC(=O)c1ncc(N)nc1N1CCC2(CC1)CO[C@@H](C)[C@H]2N[S@+]([O-])C(C)(C)C. The molecule has 9 nitrogen and oxygen atoms in total. The molecule has 0 unspecified atom stereocenters. The molecular weight excluding hydrogens is 394 g/mol. The van der Waals surface area contributed by atoms with E-state index in [1.165, 1.54) is 13.3 Å². The van der Waals surface area contributed by atoms with Crippen LogP contribution < -0.4 is 15.4 Å². The van der Waals surface area contributed by atoms with Crippen molar-refractivity contribution in [1.82, 2.24) is 14.7 Å². The van der Waals surface area contributed by atoms with E-state index in [2.05, 4.69) is 14.7 Å². The number of methoxy groups -OCH3 is 1. The van der Waals surface area contributed by atoms with Crippen LogP contribution in [0.15, 0.2) is 6.20 Å². The number of aromatic nitrogens is 2. The number of hydrogen-bond acceptors (Lipinski definition) is 9. The monoisotopic (exact) mass is 425 g/mol. The number of carbonyl (C=O) groups excluding carboxylic acids is 1. The summed E-state index contributed by atoms with van der Waals surface area (Å²) in [7, 11) is 1.32. The van der Waals surface area contributed by atoms with Gasteiger partial charge in [0.1, 0.15) is 10.6 Å². The predicted molar refractivity (Wildman–Crippen MR) is 112 cm³/mol. The second-order valence-electron chi connectivity index (χ2n) is 8.80.